The summed E-state index contributed by atoms with van der Waals surface area (Å²) in [6.45, 7) is 2.24. The predicted molar refractivity (Wildman–Crippen MR) is 57.1 cm³/mol. The van der Waals surface area contributed by atoms with Gasteiger partial charge in [-0.25, -0.2) is 0 Å². The minimum absolute atomic E-state index is 1.02. The van der Waals surface area contributed by atoms with Crippen LogP contribution in [0, 0.1) is 0 Å². The Hall–Kier alpha value is -1.09. The lowest BCUT2D eigenvalue weighted by atomic mass is 10.0. The quantitative estimate of drug-likeness (QED) is 0.713. The van der Waals surface area contributed by atoms with Gasteiger partial charge in [-0.2, -0.15) is 5.10 Å². The highest BCUT2D eigenvalue weighted by Gasteiger charge is 2.03. The lowest BCUT2D eigenvalue weighted by molar-refractivity contribution is 0.608. The second kappa shape index (κ2) is 4.42. The molecule has 2 rings (SSSR count). The SMILES string of the molecule is Cn1cc(C/C=C2/CCCNC2)cn1. The van der Waals surface area contributed by atoms with E-state index >= 15 is 0 Å². The van der Waals surface area contributed by atoms with E-state index in [1.165, 1.54) is 24.9 Å². The first kappa shape index (κ1) is 9.46. The zero-order chi connectivity index (χ0) is 9.80. The van der Waals surface area contributed by atoms with Crippen molar-refractivity contribution >= 4 is 0 Å². The standard InChI is InChI=1S/C11H17N3/c1-14-9-11(8-13-14)5-4-10-3-2-6-12-7-10/h4,8-9,12H,2-3,5-7H2,1H3/b10-4-. The van der Waals surface area contributed by atoms with Crippen LogP contribution in [0.3, 0.4) is 0 Å². The number of aromatic nitrogens is 2. The maximum absolute atomic E-state index is 4.15. The maximum Gasteiger partial charge on any atom is 0.0524 e. The smallest absolute Gasteiger partial charge is 0.0524 e. The van der Waals surface area contributed by atoms with Crippen LogP contribution in [0.25, 0.3) is 0 Å². The first-order valence-electron chi connectivity index (χ1n) is 5.21. The second-order valence-corrected chi connectivity index (χ2v) is 3.87. The van der Waals surface area contributed by atoms with E-state index in [9.17, 15) is 0 Å². The number of aryl methyl sites for hydroxylation is 1. The lowest BCUT2D eigenvalue weighted by Gasteiger charge is -2.14. The molecule has 3 nitrogen and oxygen atoms in total. The van der Waals surface area contributed by atoms with Crippen LogP contribution >= 0.6 is 0 Å². The average molecular weight is 191 g/mol. The minimum atomic E-state index is 1.02. The zero-order valence-electron chi connectivity index (χ0n) is 8.66. The average Bonchev–Trinajstić information content (AvgIpc) is 2.63. The van der Waals surface area contributed by atoms with Crippen LogP contribution < -0.4 is 5.32 Å². The molecule has 0 aromatic carbocycles. The Morgan fingerprint density at radius 1 is 1.64 bits per heavy atom. The van der Waals surface area contributed by atoms with Crippen molar-refractivity contribution < 1.29 is 0 Å². The van der Waals surface area contributed by atoms with E-state index in [2.05, 4.69) is 22.7 Å². The van der Waals surface area contributed by atoms with Crippen molar-refractivity contribution in [1.29, 1.82) is 0 Å². The molecule has 1 N–H and O–H groups in total. The molecule has 0 aliphatic carbocycles. The van der Waals surface area contributed by atoms with Crippen LogP contribution in [-0.2, 0) is 13.5 Å². The third-order valence-corrected chi connectivity index (χ3v) is 2.59. The summed E-state index contributed by atoms with van der Waals surface area (Å²) in [5.74, 6) is 0. The summed E-state index contributed by atoms with van der Waals surface area (Å²) in [7, 11) is 1.96. The molecule has 1 saturated heterocycles. The number of allylic oxidation sites excluding steroid dienone is 1. The van der Waals surface area contributed by atoms with Gasteiger partial charge in [0.05, 0.1) is 6.20 Å². The van der Waals surface area contributed by atoms with Gasteiger partial charge in [0.15, 0.2) is 0 Å². The highest BCUT2D eigenvalue weighted by molar-refractivity contribution is 5.14. The van der Waals surface area contributed by atoms with Crippen LogP contribution in [-0.4, -0.2) is 22.9 Å². The number of rotatable bonds is 2. The molecule has 14 heavy (non-hydrogen) atoms. The molecule has 2 heterocycles. The van der Waals surface area contributed by atoms with Gasteiger partial charge < -0.3 is 5.32 Å². The van der Waals surface area contributed by atoms with Crippen molar-refractivity contribution in [3.63, 3.8) is 0 Å². The number of nitrogens with zero attached hydrogens (tertiary/aromatic N) is 2. The van der Waals surface area contributed by atoms with Crippen molar-refractivity contribution in [2.45, 2.75) is 19.3 Å². The topological polar surface area (TPSA) is 29.9 Å². The highest BCUT2D eigenvalue weighted by atomic mass is 15.2. The van der Waals surface area contributed by atoms with Crippen LogP contribution in [0.5, 0.6) is 0 Å². The molecule has 0 bridgehead atoms. The summed E-state index contributed by atoms with van der Waals surface area (Å²) < 4.78 is 1.85. The van der Waals surface area contributed by atoms with Gasteiger partial charge in [0.1, 0.15) is 0 Å². The molecule has 3 heteroatoms. The number of piperidine rings is 1. The molecule has 0 spiro atoms. The summed E-state index contributed by atoms with van der Waals surface area (Å²) in [5.41, 5.74) is 2.84. The monoisotopic (exact) mass is 191 g/mol. The Labute approximate surface area is 84.8 Å². The fourth-order valence-electron chi connectivity index (χ4n) is 1.79. The molecule has 1 aromatic heterocycles. The Bertz CT molecular complexity index is 317. The van der Waals surface area contributed by atoms with E-state index in [4.69, 9.17) is 0 Å². The Kier molecular flexibility index (Phi) is 2.99. The zero-order valence-corrected chi connectivity index (χ0v) is 8.66. The summed E-state index contributed by atoms with van der Waals surface area (Å²) in [6.07, 6.45) is 9.90. The molecule has 0 radical (unpaired) electrons. The van der Waals surface area contributed by atoms with Crippen LogP contribution in [0.15, 0.2) is 24.0 Å². The van der Waals surface area contributed by atoms with Gasteiger partial charge in [-0.3, -0.25) is 4.68 Å². The molecule has 76 valence electrons. The van der Waals surface area contributed by atoms with Gasteiger partial charge in [-0.1, -0.05) is 11.6 Å². The fraction of sp³-hybridized carbons (Fsp3) is 0.545. The minimum Gasteiger partial charge on any atom is -0.313 e. The van der Waals surface area contributed by atoms with Crippen molar-refractivity contribution in [1.82, 2.24) is 15.1 Å². The third-order valence-electron chi connectivity index (χ3n) is 2.59. The van der Waals surface area contributed by atoms with Gasteiger partial charge in [0.25, 0.3) is 0 Å². The molecule has 0 amide bonds. The second-order valence-electron chi connectivity index (χ2n) is 3.87. The maximum atomic E-state index is 4.15. The Morgan fingerprint density at radius 2 is 2.57 bits per heavy atom. The molecule has 0 unspecified atom stereocenters. The van der Waals surface area contributed by atoms with Gasteiger partial charge in [-0.05, 0) is 31.4 Å². The number of hydrogen-bond acceptors (Lipinski definition) is 2. The number of nitrogens with one attached hydrogen (secondary N) is 1. The molecule has 1 aromatic rings. The van der Waals surface area contributed by atoms with Gasteiger partial charge in [0.2, 0.25) is 0 Å². The molecule has 1 aliphatic rings. The van der Waals surface area contributed by atoms with Crippen molar-refractivity contribution in [2.75, 3.05) is 13.1 Å². The van der Waals surface area contributed by atoms with Gasteiger partial charge in [0, 0.05) is 19.8 Å². The first-order chi connectivity index (χ1) is 6.84. The van der Waals surface area contributed by atoms with E-state index in [1.54, 1.807) is 5.57 Å². The summed E-state index contributed by atoms with van der Waals surface area (Å²) in [6, 6.07) is 0. The highest BCUT2D eigenvalue weighted by Crippen LogP contribution is 2.10. The van der Waals surface area contributed by atoms with E-state index in [0.29, 0.717) is 0 Å². The summed E-state index contributed by atoms with van der Waals surface area (Å²) >= 11 is 0. The van der Waals surface area contributed by atoms with Crippen LogP contribution in [0.2, 0.25) is 0 Å². The van der Waals surface area contributed by atoms with E-state index in [1.807, 2.05) is 17.9 Å². The first-order valence-corrected chi connectivity index (χ1v) is 5.21. The molecule has 0 saturated carbocycles. The summed E-state index contributed by atoms with van der Waals surface area (Å²) in [4.78, 5) is 0. The molecular formula is C11H17N3. The van der Waals surface area contributed by atoms with Gasteiger partial charge in [-0.15, -0.1) is 0 Å². The Balaban J connectivity index is 1.91. The van der Waals surface area contributed by atoms with Crippen molar-refractivity contribution in [3.8, 4) is 0 Å². The molecule has 1 aliphatic heterocycles. The normalized spacial score (nSPS) is 20.2. The van der Waals surface area contributed by atoms with E-state index in [-0.39, 0.29) is 0 Å². The molecule has 1 fully saturated rings. The molecular weight excluding hydrogens is 174 g/mol. The summed E-state index contributed by atoms with van der Waals surface area (Å²) in [5, 5.41) is 7.54. The number of hydrogen-bond donors (Lipinski definition) is 1. The molecule has 0 atom stereocenters. The van der Waals surface area contributed by atoms with E-state index in [0.717, 1.165) is 13.0 Å². The fourth-order valence-corrected chi connectivity index (χ4v) is 1.79. The van der Waals surface area contributed by atoms with Gasteiger partial charge >= 0.3 is 0 Å². The van der Waals surface area contributed by atoms with Crippen molar-refractivity contribution in [2.24, 2.45) is 7.05 Å². The van der Waals surface area contributed by atoms with E-state index < -0.39 is 0 Å². The lowest BCUT2D eigenvalue weighted by Crippen LogP contribution is -2.23. The van der Waals surface area contributed by atoms with Crippen LogP contribution in [0.4, 0.5) is 0 Å². The largest absolute Gasteiger partial charge is 0.313 e. The predicted octanol–water partition coefficient (Wildman–Crippen LogP) is 1.27. The van der Waals surface area contributed by atoms with Crippen molar-refractivity contribution in [3.05, 3.63) is 29.6 Å². The Morgan fingerprint density at radius 3 is 3.21 bits per heavy atom. The third kappa shape index (κ3) is 2.45. The van der Waals surface area contributed by atoms with Crippen LogP contribution in [0.1, 0.15) is 18.4 Å².